The summed E-state index contributed by atoms with van der Waals surface area (Å²) in [6, 6.07) is 4.94. The standard InChI is InChI=1S/C15H20N2O5S/c1-17-7-6-10-9-15(10,23(17,19)20)14(18)16-11-4-5-12(21-2)13(8-11)22-3/h4-5,8,10H,6-7,9H2,1-3H3,(H,16,18)/t10-,15-/m0/s1. The van der Waals surface area contributed by atoms with Crippen molar-refractivity contribution in [1.82, 2.24) is 4.31 Å². The zero-order valence-electron chi connectivity index (χ0n) is 13.3. The summed E-state index contributed by atoms with van der Waals surface area (Å²) in [5, 5.41) is 2.72. The number of benzene rings is 1. The van der Waals surface area contributed by atoms with Crippen LogP contribution in [0.4, 0.5) is 5.69 Å². The van der Waals surface area contributed by atoms with Crippen molar-refractivity contribution in [3.05, 3.63) is 18.2 Å². The Kier molecular flexibility index (Phi) is 3.76. The van der Waals surface area contributed by atoms with E-state index in [1.807, 2.05) is 0 Å². The molecule has 1 saturated heterocycles. The van der Waals surface area contributed by atoms with Crippen molar-refractivity contribution >= 4 is 21.6 Å². The van der Waals surface area contributed by atoms with Crippen molar-refractivity contribution in [2.45, 2.75) is 17.6 Å². The second-order valence-electron chi connectivity index (χ2n) is 5.93. The van der Waals surface area contributed by atoms with Gasteiger partial charge < -0.3 is 14.8 Å². The fourth-order valence-electron chi connectivity index (χ4n) is 3.24. The Morgan fingerprint density at radius 1 is 1.30 bits per heavy atom. The topological polar surface area (TPSA) is 84.9 Å². The van der Waals surface area contributed by atoms with Crippen LogP contribution in [0.15, 0.2) is 18.2 Å². The fourth-order valence-corrected chi connectivity index (χ4v) is 5.38. The van der Waals surface area contributed by atoms with Crippen LogP contribution < -0.4 is 14.8 Å². The minimum Gasteiger partial charge on any atom is -0.493 e. The lowest BCUT2D eigenvalue weighted by Crippen LogP contribution is -2.50. The average molecular weight is 340 g/mol. The molecule has 0 aromatic heterocycles. The second-order valence-corrected chi connectivity index (χ2v) is 8.23. The molecule has 0 unspecified atom stereocenters. The van der Waals surface area contributed by atoms with E-state index in [0.29, 0.717) is 30.2 Å². The monoisotopic (exact) mass is 340 g/mol. The molecule has 0 spiro atoms. The maximum atomic E-state index is 12.7. The molecule has 2 fully saturated rings. The van der Waals surface area contributed by atoms with Gasteiger partial charge in [0, 0.05) is 25.3 Å². The lowest BCUT2D eigenvalue weighted by atomic mass is 10.2. The highest BCUT2D eigenvalue weighted by molar-refractivity contribution is 7.91. The lowest BCUT2D eigenvalue weighted by molar-refractivity contribution is -0.117. The molecular weight excluding hydrogens is 320 g/mol. The highest BCUT2D eigenvalue weighted by Gasteiger charge is 2.71. The van der Waals surface area contributed by atoms with Crippen molar-refractivity contribution in [2.75, 3.05) is 33.1 Å². The number of methoxy groups -OCH3 is 2. The predicted octanol–water partition coefficient (Wildman–Crippen LogP) is 1.07. The molecule has 0 radical (unpaired) electrons. The Morgan fingerprint density at radius 3 is 2.65 bits per heavy atom. The van der Waals surface area contributed by atoms with Crippen LogP contribution in [-0.4, -0.2) is 51.2 Å². The number of anilines is 1. The van der Waals surface area contributed by atoms with Crippen LogP contribution in [0.3, 0.4) is 0 Å². The van der Waals surface area contributed by atoms with Crippen molar-refractivity contribution < 1.29 is 22.7 Å². The van der Waals surface area contributed by atoms with Gasteiger partial charge >= 0.3 is 0 Å². The number of carbonyl (C=O) groups is 1. The van der Waals surface area contributed by atoms with Gasteiger partial charge in [0.1, 0.15) is 0 Å². The van der Waals surface area contributed by atoms with E-state index < -0.39 is 20.7 Å². The Morgan fingerprint density at radius 2 is 2.00 bits per heavy atom. The molecule has 2 atom stereocenters. The van der Waals surface area contributed by atoms with E-state index >= 15 is 0 Å². The highest BCUT2D eigenvalue weighted by atomic mass is 32.2. The van der Waals surface area contributed by atoms with Gasteiger partial charge in [-0.3, -0.25) is 4.79 Å². The minimum absolute atomic E-state index is 0.0937. The molecule has 126 valence electrons. The van der Waals surface area contributed by atoms with Crippen LogP contribution >= 0.6 is 0 Å². The van der Waals surface area contributed by atoms with Crippen LogP contribution in [-0.2, 0) is 14.8 Å². The number of nitrogens with zero attached hydrogens (tertiary/aromatic N) is 1. The van der Waals surface area contributed by atoms with Crippen LogP contribution in [0.25, 0.3) is 0 Å². The quantitative estimate of drug-likeness (QED) is 0.886. The molecule has 1 aromatic rings. The number of rotatable bonds is 4. The first-order valence-corrected chi connectivity index (χ1v) is 8.80. The van der Waals surface area contributed by atoms with E-state index in [4.69, 9.17) is 9.47 Å². The normalized spacial score (nSPS) is 28.6. The molecule has 1 heterocycles. The zero-order chi connectivity index (χ0) is 16.8. The van der Waals surface area contributed by atoms with Crippen LogP contribution in [0.5, 0.6) is 11.5 Å². The molecule has 1 aliphatic carbocycles. The van der Waals surface area contributed by atoms with Crippen molar-refractivity contribution in [3.63, 3.8) is 0 Å². The maximum Gasteiger partial charge on any atom is 0.247 e. The van der Waals surface area contributed by atoms with Crippen molar-refractivity contribution in [3.8, 4) is 11.5 Å². The summed E-state index contributed by atoms with van der Waals surface area (Å²) < 4.78 is 35.4. The van der Waals surface area contributed by atoms with Crippen LogP contribution in [0.2, 0.25) is 0 Å². The zero-order valence-corrected chi connectivity index (χ0v) is 14.1. The van der Waals surface area contributed by atoms with Gasteiger partial charge in [0.2, 0.25) is 15.9 Å². The summed E-state index contributed by atoms with van der Waals surface area (Å²) in [4.78, 5) is 12.7. The number of ether oxygens (including phenoxy) is 2. The van der Waals surface area contributed by atoms with Gasteiger partial charge in [-0.2, -0.15) is 0 Å². The first-order chi connectivity index (χ1) is 10.9. The van der Waals surface area contributed by atoms with Gasteiger partial charge in [-0.05, 0) is 30.9 Å². The summed E-state index contributed by atoms with van der Waals surface area (Å²) >= 11 is 0. The first-order valence-electron chi connectivity index (χ1n) is 7.36. The summed E-state index contributed by atoms with van der Waals surface area (Å²) in [5.74, 6) is 0.446. The van der Waals surface area contributed by atoms with Crippen molar-refractivity contribution in [2.24, 2.45) is 5.92 Å². The summed E-state index contributed by atoms with van der Waals surface area (Å²) in [5.41, 5.74) is 0.483. The molecule has 1 amide bonds. The van der Waals surface area contributed by atoms with Gasteiger partial charge in [-0.1, -0.05) is 0 Å². The van der Waals surface area contributed by atoms with E-state index in [9.17, 15) is 13.2 Å². The number of hydrogen-bond donors (Lipinski definition) is 1. The van der Waals surface area contributed by atoms with Gasteiger partial charge in [-0.25, -0.2) is 12.7 Å². The third kappa shape index (κ3) is 2.28. The number of fused-ring (bicyclic) bond motifs is 1. The predicted molar refractivity (Wildman–Crippen MR) is 85.2 cm³/mol. The van der Waals surface area contributed by atoms with E-state index in [1.165, 1.54) is 25.6 Å². The molecule has 2 aliphatic rings. The smallest absolute Gasteiger partial charge is 0.247 e. The SMILES string of the molecule is COc1ccc(NC(=O)[C@]23C[C@@H]2CCN(C)S3(=O)=O)cc1OC. The minimum atomic E-state index is -3.61. The van der Waals surface area contributed by atoms with E-state index in [2.05, 4.69) is 5.32 Å². The molecule has 7 nitrogen and oxygen atoms in total. The molecule has 0 bridgehead atoms. The summed E-state index contributed by atoms with van der Waals surface area (Å²) in [7, 11) is 0.935. The molecule has 1 N–H and O–H groups in total. The number of nitrogens with one attached hydrogen (secondary N) is 1. The van der Waals surface area contributed by atoms with E-state index in [-0.39, 0.29) is 5.92 Å². The van der Waals surface area contributed by atoms with Gasteiger partial charge in [0.15, 0.2) is 16.2 Å². The summed E-state index contributed by atoms with van der Waals surface area (Å²) in [6.07, 6.45) is 1.11. The van der Waals surface area contributed by atoms with Crippen LogP contribution in [0, 0.1) is 5.92 Å². The van der Waals surface area contributed by atoms with E-state index in [0.717, 1.165) is 6.42 Å². The number of carbonyl (C=O) groups excluding carboxylic acids is 1. The second kappa shape index (κ2) is 5.38. The van der Waals surface area contributed by atoms with Crippen LogP contribution in [0.1, 0.15) is 12.8 Å². The molecular formula is C15H20N2O5S. The molecule has 1 aliphatic heterocycles. The maximum absolute atomic E-state index is 12.7. The third-order valence-corrected chi connectivity index (χ3v) is 7.35. The Labute approximate surface area is 135 Å². The number of hydrogen-bond acceptors (Lipinski definition) is 5. The lowest BCUT2D eigenvalue weighted by Gasteiger charge is -2.28. The number of sulfonamides is 1. The average Bonchev–Trinajstić information content (AvgIpc) is 3.28. The molecule has 3 rings (SSSR count). The van der Waals surface area contributed by atoms with Gasteiger partial charge in [0.25, 0.3) is 0 Å². The first kappa shape index (κ1) is 16.1. The largest absolute Gasteiger partial charge is 0.493 e. The fraction of sp³-hybridized carbons (Fsp3) is 0.533. The Balaban J connectivity index is 1.86. The van der Waals surface area contributed by atoms with Crippen molar-refractivity contribution in [1.29, 1.82) is 0 Å². The Hall–Kier alpha value is -1.80. The number of amides is 1. The molecule has 8 heteroatoms. The molecule has 23 heavy (non-hydrogen) atoms. The van der Waals surface area contributed by atoms with Gasteiger partial charge in [0.05, 0.1) is 14.2 Å². The molecule has 1 saturated carbocycles. The van der Waals surface area contributed by atoms with E-state index in [1.54, 1.807) is 18.2 Å². The Bertz CT molecular complexity index is 748. The summed E-state index contributed by atoms with van der Waals surface area (Å²) in [6.45, 7) is 0.471. The third-order valence-electron chi connectivity index (χ3n) is 4.74. The van der Waals surface area contributed by atoms with Gasteiger partial charge in [-0.15, -0.1) is 0 Å². The molecule has 1 aromatic carbocycles. The highest BCUT2D eigenvalue weighted by Crippen LogP contribution is 2.56.